The highest BCUT2D eigenvalue weighted by atomic mass is 16.2. The third kappa shape index (κ3) is 5.06. The molecule has 5 heteroatoms. The van der Waals surface area contributed by atoms with Gasteiger partial charge < -0.3 is 10.6 Å². The van der Waals surface area contributed by atoms with Crippen molar-refractivity contribution in [2.45, 2.75) is 31.7 Å². The number of carbonyl (C=O) groups excluding carboxylic acids is 2. The molecular weight excluding hydrogens is 386 g/mol. The molecule has 0 radical (unpaired) electrons. The first-order valence-corrected chi connectivity index (χ1v) is 10.7. The molecule has 1 aromatic heterocycles. The molecule has 0 aliphatic carbocycles. The molecule has 158 valence electrons. The summed E-state index contributed by atoms with van der Waals surface area (Å²) in [5.41, 5.74) is 10.2. The Morgan fingerprint density at radius 2 is 1.68 bits per heavy atom. The summed E-state index contributed by atoms with van der Waals surface area (Å²) in [4.78, 5) is 31.6. The highest BCUT2D eigenvalue weighted by Gasteiger charge is 2.25. The predicted molar refractivity (Wildman–Crippen MR) is 121 cm³/mol. The Balaban J connectivity index is 1.39. The van der Waals surface area contributed by atoms with Crippen LogP contribution in [0.3, 0.4) is 0 Å². The van der Waals surface area contributed by atoms with Gasteiger partial charge in [0.25, 0.3) is 5.91 Å². The van der Waals surface area contributed by atoms with E-state index in [4.69, 9.17) is 5.73 Å². The summed E-state index contributed by atoms with van der Waals surface area (Å²) in [6.07, 6.45) is 5.35. The summed E-state index contributed by atoms with van der Waals surface area (Å²) in [7, 11) is 0. The molecule has 2 heterocycles. The molecule has 1 saturated heterocycles. The van der Waals surface area contributed by atoms with Crippen LogP contribution in [-0.4, -0.2) is 34.7 Å². The molecule has 1 aliphatic rings. The van der Waals surface area contributed by atoms with Crippen molar-refractivity contribution in [2.24, 2.45) is 5.73 Å². The topological polar surface area (TPSA) is 76.3 Å². The number of hydrogen-bond donors (Lipinski definition) is 1. The number of pyridine rings is 1. The van der Waals surface area contributed by atoms with Crippen LogP contribution in [0.2, 0.25) is 0 Å². The van der Waals surface area contributed by atoms with Gasteiger partial charge in [0.2, 0.25) is 0 Å². The normalized spacial score (nSPS) is 14.4. The predicted octanol–water partition coefficient (Wildman–Crippen LogP) is 3.99. The average Bonchev–Trinajstić information content (AvgIpc) is 2.84. The minimum absolute atomic E-state index is 0.0179. The Hall–Kier alpha value is -3.31. The lowest BCUT2D eigenvalue weighted by Gasteiger charge is -2.32. The average molecular weight is 414 g/mol. The van der Waals surface area contributed by atoms with Gasteiger partial charge in [-0.1, -0.05) is 54.6 Å². The molecule has 5 nitrogen and oxygen atoms in total. The Morgan fingerprint density at radius 1 is 0.903 bits per heavy atom. The van der Waals surface area contributed by atoms with Crippen molar-refractivity contribution < 1.29 is 9.59 Å². The van der Waals surface area contributed by atoms with Gasteiger partial charge in [0.05, 0.1) is 5.56 Å². The van der Waals surface area contributed by atoms with Crippen molar-refractivity contribution in [3.05, 3.63) is 101 Å². The summed E-state index contributed by atoms with van der Waals surface area (Å²) in [6, 6.07) is 19.4. The number of nitrogens with zero attached hydrogens (tertiary/aromatic N) is 2. The maximum atomic E-state index is 13.0. The van der Waals surface area contributed by atoms with Gasteiger partial charge in [0.15, 0.2) is 5.78 Å². The molecule has 4 rings (SSSR count). The third-order valence-corrected chi connectivity index (χ3v) is 5.94. The number of nitrogens with two attached hydrogens (primary N) is 1. The second-order valence-corrected chi connectivity index (χ2v) is 8.06. The molecule has 1 amide bonds. The van der Waals surface area contributed by atoms with Crippen LogP contribution in [0.1, 0.15) is 56.2 Å². The first-order valence-electron chi connectivity index (χ1n) is 10.7. The van der Waals surface area contributed by atoms with E-state index in [1.54, 1.807) is 30.6 Å². The Labute approximate surface area is 182 Å². The number of hydrogen-bond acceptors (Lipinski definition) is 4. The number of rotatable bonds is 6. The molecule has 0 unspecified atom stereocenters. The van der Waals surface area contributed by atoms with E-state index in [2.05, 4.69) is 23.2 Å². The summed E-state index contributed by atoms with van der Waals surface area (Å²) < 4.78 is 0. The number of likely N-dealkylation sites (tertiary alicyclic amines) is 1. The molecule has 0 atom stereocenters. The molecule has 0 bridgehead atoms. The number of piperidine rings is 1. The van der Waals surface area contributed by atoms with Crippen molar-refractivity contribution in [2.75, 3.05) is 13.1 Å². The van der Waals surface area contributed by atoms with Crippen molar-refractivity contribution in [3.63, 3.8) is 0 Å². The second kappa shape index (κ2) is 9.67. The molecule has 0 saturated carbocycles. The van der Waals surface area contributed by atoms with Crippen LogP contribution in [-0.2, 0) is 13.0 Å². The molecular formula is C26H27N3O2. The van der Waals surface area contributed by atoms with E-state index < -0.39 is 0 Å². The molecule has 0 spiro atoms. The highest BCUT2D eigenvalue weighted by molar-refractivity contribution is 5.98. The lowest BCUT2D eigenvalue weighted by atomic mass is 9.88. The maximum Gasteiger partial charge on any atom is 0.255 e. The Bertz CT molecular complexity index is 1060. The summed E-state index contributed by atoms with van der Waals surface area (Å²) >= 11 is 0. The van der Waals surface area contributed by atoms with Crippen LogP contribution in [0.15, 0.2) is 73.1 Å². The van der Waals surface area contributed by atoms with Gasteiger partial charge in [-0.15, -0.1) is 0 Å². The van der Waals surface area contributed by atoms with E-state index in [1.807, 2.05) is 29.2 Å². The number of carbonyl (C=O) groups is 2. The smallest absolute Gasteiger partial charge is 0.255 e. The lowest BCUT2D eigenvalue weighted by Crippen LogP contribution is -2.38. The highest BCUT2D eigenvalue weighted by Crippen LogP contribution is 2.29. The van der Waals surface area contributed by atoms with Crippen molar-refractivity contribution in [3.8, 4) is 0 Å². The Kier molecular flexibility index (Phi) is 6.53. The van der Waals surface area contributed by atoms with Gasteiger partial charge in [-0.2, -0.15) is 0 Å². The fourth-order valence-electron chi connectivity index (χ4n) is 4.19. The van der Waals surface area contributed by atoms with Crippen molar-refractivity contribution in [1.82, 2.24) is 9.88 Å². The zero-order valence-corrected chi connectivity index (χ0v) is 17.5. The SMILES string of the molecule is NCc1cccc(C2CCN(C(=O)c3cncc(CC(=O)c4ccccc4)c3)CC2)c1. The van der Waals surface area contributed by atoms with Gasteiger partial charge in [0.1, 0.15) is 0 Å². The first kappa shape index (κ1) is 20.9. The van der Waals surface area contributed by atoms with Gasteiger partial charge in [0, 0.05) is 44.0 Å². The fourth-order valence-corrected chi connectivity index (χ4v) is 4.19. The summed E-state index contributed by atoms with van der Waals surface area (Å²) in [6.45, 7) is 1.97. The van der Waals surface area contributed by atoms with E-state index in [9.17, 15) is 9.59 Å². The third-order valence-electron chi connectivity index (χ3n) is 5.94. The zero-order chi connectivity index (χ0) is 21.6. The van der Waals surface area contributed by atoms with Crippen LogP contribution in [0.5, 0.6) is 0 Å². The van der Waals surface area contributed by atoms with Crippen LogP contribution in [0.25, 0.3) is 0 Å². The fraction of sp³-hybridized carbons (Fsp3) is 0.269. The van der Waals surface area contributed by atoms with E-state index in [0.29, 0.717) is 36.7 Å². The molecule has 2 aromatic carbocycles. The first-order chi connectivity index (χ1) is 15.1. The standard InChI is InChI=1S/C26H27N3O2/c27-16-19-5-4-8-23(13-19)21-9-11-29(12-10-21)26(31)24-14-20(17-28-18-24)15-25(30)22-6-2-1-3-7-22/h1-8,13-14,17-18,21H,9-12,15-16,27H2. The van der Waals surface area contributed by atoms with Gasteiger partial charge >= 0.3 is 0 Å². The lowest BCUT2D eigenvalue weighted by molar-refractivity contribution is 0.0712. The molecule has 31 heavy (non-hydrogen) atoms. The quantitative estimate of drug-likeness (QED) is 0.620. The number of aromatic nitrogens is 1. The van der Waals surface area contributed by atoms with E-state index >= 15 is 0 Å². The monoisotopic (exact) mass is 413 g/mol. The number of amides is 1. The van der Waals surface area contributed by atoms with Crippen LogP contribution in [0.4, 0.5) is 0 Å². The maximum absolute atomic E-state index is 13.0. The summed E-state index contributed by atoms with van der Waals surface area (Å²) in [5, 5.41) is 0. The van der Waals surface area contributed by atoms with E-state index in [1.165, 1.54) is 5.56 Å². The molecule has 1 aliphatic heterocycles. The molecule has 1 fully saturated rings. The largest absolute Gasteiger partial charge is 0.339 e. The van der Waals surface area contributed by atoms with Crippen LogP contribution in [0, 0.1) is 0 Å². The Morgan fingerprint density at radius 3 is 2.42 bits per heavy atom. The van der Waals surface area contributed by atoms with Crippen LogP contribution < -0.4 is 5.73 Å². The number of Topliss-reactive ketones (excluding diaryl/α,β-unsaturated/α-hetero) is 1. The molecule has 2 N–H and O–H groups in total. The van der Waals surface area contributed by atoms with E-state index in [0.717, 1.165) is 24.0 Å². The van der Waals surface area contributed by atoms with Crippen molar-refractivity contribution in [1.29, 1.82) is 0 Å². The molecule has 3 aromatic rings. The van der Waals surface area contributed by atoms with Gasteiger partial charge in [-0.05, 0) is 41.5 Å². The van der Waals surface area contributed by atoms with Crippen molar-refractivity contribution >= 4 is 11.7 Å². The summed E-state index contributed by atoms with van der Waals surface area (Å²) in [5.74, 6) is 0.451. The second-order valence-electron chi connectivity index (χ2n) is 8.06. The zero-order valence-electron chi connectivity index (χ0n) is 17.5. The number of benzene rings is 2. The van der Waals surface area contributed by atoms with Crippen LogP contribution >= 0.6 is 0 Å². The minimum Gasteiger partial charge on any atom is -0.339 e. The van der Waals surface area contributed by atoms with E-state index in [-0.39, 0.29) is 18.1 Å². The van der Waals surface area contributed by atoms with Gasteiger partial charge in [-0.3, -0.25) is 14.6 Å². The van der Waals surface area contributed by atoms with Gasteiger partial charge in [-0.25, -0.2) is 0 Å². The number of ketones is 1. The minimum atomic E-state index is -0.0179.